The van der Waals surface area contributed by atoms with E-state index < -0.39 is 0 Å². The predicted molar refractivity (Wildman–Crippen MR) is 91.3 cm³/mol. The van der Waals surface area contributed by atoms with Gasteiger partial charge in [0.1, 0.15) is 0 Å². The van der Waals surface area contributed by atoms with Crippen molar-refractivity contribution in [1.29, 1.82) is 0 Å². The molecule has 0 aliphatic rings. The molecular formula is C17H23N5O. The molecule has 2 heterocycles. The van der Waals surface area contributed by atoms with Crippen molar-refractivity contribution >= 4 is 17.5 Å². The number of amides is 1. The second-order valence-electron chi connectivity index (χ2n) is 5.95. The number of hydrogen-bond donors (Lipinski definition) is 1. The lowest BCUT2D eigenvalue weighted by atomic mass is 10.1. The quantitative estimate of drug-likeness (QED) is 0.850. The summed E-state index contributed by atoms with van der Waals surface area (Å²) < 4.78 is 0. The van der Waals surface area contributed by atoms with Crippen LogP contribution in [-0.2, 0) is 11.2 Å². The van der Waals surface area contributed by atoms with Crippen LogP contribution in [0.2, 0.25) is 0 Å². The average molecular weight is 313 g/mol. The van der Waals surface area contributed by atoms with Crippen LogP contribution in [0.5, 0.6) is 0 Å². The van der Waals surface area contributed by atoms with Gasteiger partial charge in [0.05, 0.1) is 0 Å². The van der Waals surface area contributed by atoms with E-state index >= 15 is 0 Å². The lowest BCUT2D eigenvalue weighted by molar-refractivity contribution is -0.116. The number of carbonyl (C=O) groups excluding carboxylic acids is 1. The molecule has 6 heteroatoms. The van der Waals surface area contributed by atoms with Crippen LogP contribution in [-0.4, -0.2) is 34.7 Å². The minimum Gasteiger partial charge on any atom is -0.358 e. The summed E-state index contributed by atoms with van der Waals surface area (Å²) in [5.41, 5.74) is 1.23. The van der Waals surface area contributed by atoms with Gasteiger partial charge < -0.3 is 10.2 Å². The molecule has 0 saturated heterocycles. The summed E-state index contributed by atoms with van der Waals surface area (Å²) >= 11 is 0. The minimum atomic E-state index is -0.0342. The summed E-state index contributed by atoms with van der Waals surface area (Å²) in [6.07, 6.45) is 4.98. The summed E-state index contributed by atoms with van der Waals surface area (Å²) in [5.74, 6) is 1.55. The standard InChI is InChI=1S/C17H23N5O/c1-13(2)12-17(23)19-15-4-5-16(21-20-15)22(3)11-8-14-6-9-18-10-7-14/h4-7,9-10,13H,8,11-12H2,1-3H3,(H,19,20,23). The molecule has 0 radical (unpaired) electrons. The van der Waals surface area contributed by atoms with Gasteiger partial charge in [-0.05, 0) is 42.2 Å². The second kappa shape index (κ2) is 8.22. The van der Waals surface area contributed by atoms with Crippen molar-refractivity contribution < 1.29 is 4.79 Å². The van der Waals surface area contributed by atoms with Crippen LogP contribution in [0.15, 0.2) is 36.7 Å². The molecule has 0 fully saturated rings. The lowest BCUT2D eigenvalue weighted by Crippen LogP contribution is -2.22. The number of anilines is 2. The highest BCUT2D eigenvalue weighted by Crippen LogP contribution is 2.12. The zero-order chi connectivity index (χ0) is 16.7. The van der Waals surface area contributed by atoms with Crippen molar-refractivity contribution in [3.8, 4) is 0 Å². The highest BCUT2D eigenvalue weighted by atomic mass is 16.1. The molecule has 6 nitrogen and oxygen atoms in total. The first kappa shape index (κ1) is 16.9. The third-order valence-corrected chi connectivity index (χ3v) is 3.39. The summed E-state index contributed by atoms with van der Waals surface area (Å²) in [6.45, 7) is 4.84. The van der Waals surface area contributed by atoms with Gasteiger partial charge >= 0.3 is 0 Å². The fourth-order valence-corrected chi connectivity index (χ4v) is 2.12. The lowest BCUT2D eigenvalue weighted by Gasteiger charge is -2.17. The van der Waals surface area contributed by atoms with Crippen LogP contribution in [0.3, 0.4) is 0 Å². The molecule has 2 aromatic heterocycles. The smallest absolute Gasteiger partial charge is 0.225 e. The summed E-state index contributed by atoms with van der Waals surface area (Å²) in [5, 5.41) is 11.0. The zero-order valence-corrected chi connectivity index (χ0v) is 13.9. The molecule has 0 atom stereocenters. The molecular weight excluding hydrogens is 290 g/mol. The Morgan fingerprint density at radius 3 is 2.52 bits per heavy atom. The molecule has 0 aliphatic heterocycles. The van der Waals surface area contributed by atoms with Gasteiger partial charge in [0.15, 0.2) is 11.6 Å². The first-order valence-corrected chi connectivity index (χ1v) is 7.78. The van der Waals surface area contributed by atoms with Crippen LogP contribution < -0.4 is 10.2 Å². The second-order valence-corrected chi connectivity index (χ2v) is 5.95. The van der Waals surface area contributed by atoms with Crippen molar-refractivity contribution in [2.24, 2.45) is 5.92 Å². The Morgan fingerprint density at radius 2 is 1.91 bits per heavy atom. The van der Waals surface area contributed by atoms with E-state index in [1.165, 1.54) is 5.56 Å². The number of pyridine rings is 1. The van der Waals surface area contributed by atoms with E-state index in [0.717, 1.165) is 18.8 Å². The predicted octanol–water partition coefficient (Wildman–Crippen LogP) is 2.54. The first-order valence-electron chi connectivity index (χ1n) is 7.78. The van der Waals surface area contributed by atoms with Gasteiger partial charge in [-0.2, -0.15) is 0 Å². The van der Waals surface area contributed by atoms with Crippen molar-refractivity contribution in [1.82, 2.24) is 15.2 Å². The number of likely N-dealkylation sites (N-methyl/N-ethyl adjacent to an activating group) is 1. The molecule has 0 bridgehead atoms. The zero-order valence-electron chi connectivity index (χ0n) is 13.9. The van der Waals surface area contributed by atoms with E-state index in [4.69, 9.17) is 0 Å². The van der Waals surface area contributed by atoms with E-state index in [2.05, 4.69) is 20.5 Å². The summed E-state index contributed by atoms with van der Waals surface area (Å²) in [6, 6.07) is 7.66. The molecule has 0 aliphatic carbocycles. The maximum atomic E-state index is 11.7. The molecule has 23 heavy (non-hydrogen) atoms. The molecule has 2 rings (SSSR count). The number of rotatable bonds is 7. The molecule has 2 aromatic rings. The minimum absolute atomic E-state index is 0.0342. The molecule has 1 amide bonds. The third kappa shape index (κ3) is 5.65. The Bertz CT molecular complexity index is 613. The van der Waals surface area contributed by atoms with Gasteiger partial charge in [-0.15, -0.1) is 10.2 Å². The van der Waals surface area contributed by atoms with Gasteiger partial charge in [0.2, 0.25) is 5.91 Å². The van der Waals surface area contributed by atoms with Crippen LogP contribution in [0, 0.1) is 5.92 Å². The third-order valence-electron chi connectivity index (χ3n) is 3.39. The summed E-state index contributed by atoms with van der Waals surface area (Å²) in [4.78, 5) is 17.8. The van der Waals surface area contributed by atoms with Crippen molar-refractivity contribution in [2.45, 2.75) is 26.7 Å². The topological polar surface area (TPSA) is 71.0 Å². The fraction of sp³-hybridized carbons (Fsp3) is 0.412. The molecule has 0 spiro atoms. The molecule has 0 unspecified atom stereocenters. The molecule has 0 saturated carbocycles. The number of aromatic nitrogens is 3. The van der Waals surface area contributed by atoms with E-state index in [1.54, 1.807) is 18.5 Å². The average Bonchev–Trinajstić information content (AvgIpc) is 2.53. The molecule has 1 N–H and O–H groups in total. The number of nitrogens with one attached hydrogen (secondary N) is 1. The van der Waals surface area contributed by atoms with Gasteiger partial charge in [0, 0.05) is 32.4 Å². The normalized spacial score (nSPS) is 10.6. The Hall–Kier alpha value is -2.50. The number of nitrogens with zero attached hydrogens (tertiary/aromatic N) is 4. The van der Waals surface area contributed by atoms with Gasteiger partial charge in [0.25, 0.3) is 0 Å². The van der Waals surface area contributed by atoms with E-state index in [0.29, 0.717) is 18.2 Å². The van der Waals surface area contributed by atoms with Crippen molar-refractivity contribution in [3.05, 3.63) is 42.2 Å². The number of carbonyl (C=O) groups is 1. The van der Waals surface area contributed by atoms with Crippen LogP contribution in [0.4, 0.5) is 11.6 Å². The van der Waals surface area contributed by atoms with Crippen molar-refractivity contribution in [2.75, 3.05) is 23.8 Å². The van der Waals surface area contributed by atoms with E-state index in [9.17, 15) is 4.79 Å². The van der Waals surface area contributed by atoms with E-state index in [1.807, 2.05) is 44.0 Å². The Balaban J connectivity index is 1.87. The number of hydrogen-bond acceptors (Lipinski definition) is 5. The van der Waals surface area contributed by atoms with Gasteiger partial charge in [-0.3, -0.25) is 9.78 Å². The van der Waals surface area contributed by atoms with E-state index in [-0.39, 0.29) is 5.91 Å². The highest BCUT2D eigenvalue weighted by Gasteiger charge is 2.08. The Kier molecular flexibility index (Phi) is 6.02. The Morgan fingerprint density at radius 1 is 1.17 bits per heavy atom. The van der Waals surface area contributed by atoms with Crippen LogP contribution in [0.25, 0.3) is 0 Å². The highest BCUT2D eigenvalue weighted by molar-refractivity contribution is 5.89. The van der Waals surface area contributed by atoms with Gasteiger partial charge in [-0.1, -0.05) is 13.8 Å². The monoisotopic (exact) mass is 313 g/mol. The fourth-order valence-electron chi connectivity index (χ4n) is 2.12. The SMILES string of the molecule is CC(C)CC(=O)Nc1ccc(N(C)CCc2ccncc2)nn1. The summed E-state index contributed by atoms with van der Waals surface area (Å²) in [7, 11) is 1.97. The first-order chi connectivity index (χ1) is 11.0. The van der Waals surface area contributed by atoms with Crippen molar-refractivity contribution in [3.63, 3.8) is 0 Å². The maximum absolute atomic E-state index is 11.7. The molecule has 122 valence electrons. The van der Waals surface area contributed by atoms with Gasteiger partial charge in [-0.25, -0.2) is 0 Å². The molecule has 0 aromatic carbocycles. The Labute approximate surface area is 137 Å². The largest absolute Gasteiger partial charge is 0.358 e. The maximum Gasteiger partial charge on any atom is 0.225 e. The van der Waals surface area contributed by atoms with Crippen LogP contribution >= 0.6 is 0 Å². The van der Waals surface area contributed by atoms with Crippen LogP contribution in [0.1, 0.15) is 25.8 Å².